The van der Waals surface area contributed by atoms with Gasteiger partial charge in [-0.25, -0.2) is 12.5 Å². The first kappa shape index (κ1) is 25.0. The molecule has 0 saturated carbocycles. The number of amides is 2. The molecule has 1 atom stereocenters. The normalized spacial score (nSPS) is 14.8. The number of anilines is 2. The molecule has 2 amide bonds. The van der Waals surface area contributed by atoms with Gasteiger partial charge in [0.25, 0.3) is 0 Å². The highest BCUT2D eigenvalue weighted by Gasteiger charge is 2.24. The van der Waals surface area contributed by atoms with Gasteiger partial charge >= 0.3 is 0 Å². The lowest BCUT2D eigenvalue weighted by Crippen LogP contribution is -2.37. The molecule has 0 aliphatic carbocycles. The monoisotopic (exact) mass is 418 g/mol. The third kappa shape index (κ3) is 7.08. The lowest BCUT2D eigenvalue weighted by atomic mass is 9.89. The molecule has 1 heterocycles. The molecular formula is C20H31BN4O3S. The maximum atomic E-state index is 11.8. The third-order valence-corrected chi connectivity index (χ3v) is 5.14. The van der Waals surface area contributed by atoms with Gasteiger partial charge in [0.1, 0.15) is 6.29 Å². The zero-order valence-electron chi connectivity index (χ0n) is 17.4. The quantitative estimate of drug-likeness (QED) is 0.320. The summed E-state index contributed by atoms with van der Waals surface area (Å²) in [5.74, 6) is 0.348. The minimum atomic E-state index is -0.678. The first-order valence-corrected chi connectivity index (χ1v) is 10.2. The summed E-state index contributed by atoms with van der Waals surface area (Å²) in [6, 6.07) is 5.40. The fourth-order valence-corrected chi connectivity index (χ4v) is 3.52. The van der Waals surface area contributed by atoms with E-state index in [1.54, 1.807) is 7.05 Å². The van der Waals surface area contributed by atoms with E-state index in [0.717, 1.165) is 37.9 Å². The van der Waals surface area contributed by atoms with E-state index in [1.165, 1.54) is 10.5 Å². The van der Waals surface area contributed by atoms with Crippen molar-refractivity contribution in [3.63, 3.8) is 0 Å². The Bertz CT molecular complexity index is 669. The van der Waals surface area contributed by atoms with Gasteiger partial charge in [-0.15, -0.1) is 0 Å². The van der Waals surface area contributed by atoms with Gasteiger partial charge < -0.3 is 25.2 Å². The maximum absolute atomic E-state index is 11.8. The molecule has 1 aromatic rings. The van der Waals surface area contributed by atoms with E-state index < -0.39 is 6.04 Å². The van der Waals surface area contributed by atoms with Gasteiger partial charge in [0, 0.05) is 27.6 Å². The summed E-state index contributed by atoms with van der Waals surface area (Å²) in [7, 11) is 9.60. The van der Waals surface area contributed by atoms with Crippen molar-refractivity contribution in [3.8, 4) is 0 Å². The average Bonchev–Trinajstić information content (AvgIpc) is 2.78. The number of carbonyl (C=O) groups is 3. The minimum absolute atomic E-state index is 0.151. The largest absolute Gasteiger partial charge is 0.376 e. The van der Waals surface area contributed by atoms with Crippen LogP contribution in [0.4, 0.5) is 11.4 Å². The second kappa shape index (κ2) is 13.3. The summed E-state index contributed by atoms with van der Waals surface area (Å²) in [4.78, 5) is 38.4. The highest BCUT2D eigenvalue weighted by atomic mass is 32.1. The predicted molar refractivity (Wildman–Crippen MR) is 122 cm³/mol. The zero-order chi connectivity index (χ0) is 21.8. The van der Waals surface area contributed by atoms with E-state index in [4.69, 9.17) is 0 Å². The van der Waals surface area contributed by atoms with Crippen LogP contribution in [-0.2, 0) is 14.4 Å². The number of rotatable bonds is 9. The van der Waals surface area contributed by atoms with Gasteiger partial charge in [-0.3, -0.25) is 9.59 Å². The number of carbonyl (C=O) groups excluding carboxylic acids is 3. The molecule has 1 unspecified atom stereocenters. The van der Waals surface area contributed by atoms with Crippen LogP contribution in [0.2, 0.25) is 0 Å². The molecule has 2 rings (SSSR count). The number of thiol groups is 1. The van der Waals surface area contributed by atoms with Crippen molar-refractivity contribution in [2.75, 3.05) is 44.0 Å². The Balaban J connectivity index is 0.00000204. The Morgan fingerprint density at radius 1 is 1.28 bits per heavy atom. The highest BCUT2D eigenvalue weighted by molar-refractivity contribution is 8.03. The highest BCUT2D eigenvalue weighted by Crippen LogP contribution is 2.35. The Hall–Kier alpha value is -2.00. The number of hydrogen-bond donors (Lipinski definition) is 3. The lowest BCUT2D eigenvalue weighted by molar-refractivity contribution is -0.121. The van der Waals surface area contributed by atoms with E-state index in [-0.39, 0.29) is 18.7 Å². The van der Waals surface area contributed by atoms with Crippen LogP contribution in [0.15, 0.2) is 18.2 Å². The van der Waals surface area contributed by atoms with E-state index in [1.807, 2.05) is 25.1 Å². The molecule has 2 radical (unpaired) electrons. The van der Waals surface area contributed by atoms with Crippen molar-refractivity contribution in [2.45, 2.75) is 37.6 Å². The average molecular weight is 418 g/mol. The first-order chi connectivity index (χ1) is 14.0. The number of aldehydes is 1. The summed E-state index contributed by atoms with van der Waals surface area (Å²) in [5.41, 5.74) is 2.83. The Labute approximate surface area is 180 Å². The van der Waals surface area contributed by atoms with E-state index >= 15 is 0 Å². The van der Waals surface area contributed by atoms with Crippen molar-refractivity contribution in [1.82, 2.24) is 10.6 Å². The molecule has 2 N–H and O–H groups in total. The van der Waals surface area contributed by atoms with Crippen molar-refractivity contribution >= 4 is 49.6 Å². The van der Waals surface area contributed by atoms with Crippen molar-refractivity contribution in [3.05, 3.63) is 23.8 Å². The lowest BCUT2D eigenvalue weighted by Gasteiger charge is -2.30. The molecule has 1 aliphatic rings. The molecule has 0 bridgehead atoms. The maximum Gasteiger partial charge on any atom is 0.219 e. The van der Waals surface area contributed by atoms with Crippen LogP contribution >= 0.6 is 12.5 Å². The molecule has 29 heavy (non-hydrogen) atoms. The minimum Gasteiger partial charge on any atom is -0.376 e. The van der Waals surface area contributed by atoms with Crippen molar-refractivity contribution < 1.29 is 14.4 Å². The predicted octanol–water partition coefficient (Wildman–Crippen LogP) is 1.28. The van der Waals surface area contributed by atoms with Gasteiger partial charge in [0.05, 0.1) is 17.4 Å². The van der Waals surface area contributed by atoms with Gasteiger partial charge in [-0.1, -0.05) is 6.07 Å². The van der Waals surface area contributed by atoms with Crippen LogP contribution in [0.3, 0.4) is 0 Å². The molecule has 7 nitrogen and oxygen atoms in total. The van der Waals surface area contributed by atoms with Gasteiger partial charge in [0.2, 0.25) is 12.3 Å². The van der Waals surface area contributed by atoms with Gasteiger partial charge in [-0.05, 0) is 56.0 Å². The van der Waals surface area contributed by atoms with Crippen molar-refractivity contribution in [1.29, 1.82) is 0 Å². The summed E-state index contributed by atoms with van der Waals surface area (Å²) >= 11 is 3.03. The first-order valence-electron chi connectivity index (χ1n) is 9.69. The molecule has 0 aromatic heterocycles. The van der Waals surface area contributed by atoms with E-state index in [9.17, 15) is 14.4 Å². The molecular weight excluding hydrogens is 387 g/mol. The molecule has 1 aliphatic heterocycles. The standard InChI is InChI=1S/C20H30N4O3.BHS/c1-21-20(27)7-5-17(13-25)24(14-26)18-6-4-16(12-19(18)23(2)3)15-8-10-22-11-9-15;1-2/h4,6,12-15,17,22H,5,7-11H2,1-3H3,(H,21,27);2H. The number of nitrogens with one attached hydrogen (secondary N) is 2. The molecule has 1 saturated heterocycles. The van der Waals surface area contributed by atoms with Crippen LogP contribution < -0.4 is 20.4 Å². The Kier molecular flexibility index (Phi) is 11.5. The molecule has 1 fully saturated rings. The molecule has 0 spiro atoms. The zero-order valence-corrected chi connectivity index (χ0v) is 18.3. The van der Waals surface area contributed by atoms with Crippen LogP contribution in [-0.4, -0.2) is 66.0 Å². The fourth-order valence-electron chi connectivity index (χ4n) is 3.52. The number of piperidine rings is 1. The molecule has 158 valence electrons. The number of nitrogens with zero attached hydrogens (tertiary/aromatic N) is 2. The van der Waals surface area contributed by atoms with Gasteiger partial charge in [0.15, 0.2) is 7.12 Å². The summed E-state index contributed by atoms with van der Waals surface area (Å²) in [6.45, 7) is 2.02. The summed E-state index contributed by atoms with van der Waals surface area (Å²) in [6.07, 6.45) is 4.06. The Morgan fingerprint density at radius 2 is 1.93 bits per heavy atom. The SMILES string of the molecule is CNC(=O)CCC(C=O)N(C=O)c1ccc(C2CCNCC2)cc1N(C)C.[B]S. The molecule has 1 aromatic carbocycles. The third-order valence-electron chi connectivity index (χ3n) is 5.14. The fraction of sp³-hybridized carbons (Fsp3) is 0.550. The van der Waals surface area contributed by atoms with Crippen LogP contribution in [0.25, 0.3) is 0 Å². The number of benzene rings is 1. The topological polar surface area (TPSA) is 81.8 Å². The van der Waals surface area contributed by atoms with E-state index in [2.05, 4.69) is 42.4 Å². The van der Waals surface area contributed by atoms with Crippen LogP contribution in [0.5, 0.6) is 0 Å². The smallest absolute Gasteiger partial charge is 0.219 e. The summed E-state index contributed by atoms with van der Waals surface area (Å²) in [5, 5.41) is 5.91. The second-order valence-electron chi connectivity index (χ2n) is 7.09. The van der Waals surface area contributed by atoms with Crippen molar-refractivity contribution in [2.24, 2.45) is 0 Å². The second-order valence-corrected chi connectivity index (χ2v) is 7.09. The van der Waals surface area contributed by atoms with Gasteiger partial charge in [-0.2, -0.15) is 0 Å². The van der Waals surface area contributed by atoms with E-state index in [0.29, 0.717) is 18.0 Å². The van der Waals surface area contributed by atoms with Crippen LogP contribution in [0, 0.1) is 0 Å². The Morgan fingerprint density at radius 3 is 2.45 bits per heavy atom. The number of hydrogen-bond acceptors (Lipinski definition) is 6. The van der Waals surface area contributed by atoms with Crippen LogP contribution in [0.1, 0.15) is 37.2 Å². The molecule has 9 heteroatoms. The summed E-state index contributed by atoms with van der Waals surface area (Å²) < 4.78 is 0.